The van der Waals surface area contributed by atoms with Gasteiger partial charge in [-0.3, -0.25) is 4.90 Å². The molecule has 0 aromatic heterocycles. The van der Waals surface area contributed by atoms with Crippen LogP contribution in [0, 0.1) is 0 Å². The van der Waals surface area contributed by atoms with Gasteiger partial charge in [-0.2, -0.15) is 0 Å². The maximum absolute atomic E-state index is 6.18. The first-order valence-electron chi connectivity index (χ1n) is 6.53. The topological polar surface area (TPSA) is 24.5 Å². The van der Waals surface area contributed by atoms with Gasteiger partial charge in [-0.15, -0.1) is 0 Å². The van der Waals surface area contributed by atoms with Crippen LogP contribution in [-0.4, -0.2) is 31.3 Å². The van der Waals surface area contributed by atoms with Gasteiger partial charge in [-0.05, 0) is 50.0 Å². The lowest BCUT2D eigenvalue weighted by Gasteiger charge is -2.25. The molecule has 3 rings (SSSR count). The van der Waals surface area contributed by atoms with Crippen LogP contribution in [0.2, 0.25) is 0 Å². The molecule has 0 amide bonds. The first-order valence-corrected chi connectivity index (χ1v) is 6.53. The highest BCUT2D eigenvalue weighted by Crippen LogP contribution is 2.28. The number of rotatable bonds is 2. The smallest absolute Gasteiger partial charge is 0.152 e. The van der Waals surface area contributed by atoms with E-state index in [1.807, 2.05) is 0 Å². The van der Waals surface area contributed by atoms with Crippen LogP contribution in [0.5, 0.6) is 5.75 Å². The lowest BCUT2D eigenvalue weighted by molar-refractivity contribution is 0.0800. The maximum Gasteiger partial charge on any atom is 0.152 e. The largest absolute Gasteiger partial charge is 0.475 e. The molecule has 0 saturated carbocycles. The lowest BCUT2D eigenvalue weighted by Crippen LogP contribution is -2.31. The van der Waals surface area contributed by atoms with E-state index in [1.54, 1.807) is 0 Å². The van der Waals surface area contributed by atoms with Crippen molar-refractivity contribution in [2.45, 2.75) is 32.0 Å². The lowest BCUT2D eigenvalue weighted by atomic mass is 10.0. The van der Waals surface area contributed by atoms with Crippen LogP contribution in [0.15, 0.2) is 18.2 Å². The molecular formula is C14H20N2O. The molecular weight excluding hydrogens is 212 g/mol. The normalized spacial score (nSPS) is 24.6. The van der Waals surface area contributed by atoms with E-state index < -0.39 is 0 Å². The molecule has 92 valence electrons. The summed E-state index contributed by atoms with van der Waals surface area (Å²) in [7, 11) is 2.15. The average molecular weight is 232 g/mol. The number of fused-ring (bicyclic) bond motifs is 1. The van der Waals surface area contributed by atoms with Crippen molar-refractivity contribution >= 4 is 0 Å². The quantitative estimate of drug-likeness (QED) is 0.841. The Bertz CT molecular complexity index is 405. The SMILES string of the molecule is CN1CCCC1Oc1cccc2c1CCNC2. The van der Waals surface area contributed by atoms with E-state index in [1.165, 1.54) is 17.5 Å². The van der Waals surface area contributed by atoms with Gasteiger partial charge in [0, 0.05) is 13.1 Å². The molecule has 17 heavy (non-hydrogen) atoms. The van der Waals surface area contributed by atoms with Crippen LogP contribution >= 0.6 is 0 Å². The Hall–Kier alpha value is -1.06. The highest BCUT2D eigenvalue weighted by atomic mass is 16.5. The second-order valence-corrected chi connectivity index (χ2v) is 5.02. The summed E-state index contributed by atoms with van der Waals surface area (Å²) in [5, 5.41) is 3.40. The Morgan fingerprint density at radius 1 is 1.41 bits per heavy atom. The molecule has 1 aromatic rings. The highest BCUT2D eigenvalue weighted by Gasteiger charge is 2.24. The van der Waals surface area contributed by atoms with Gasteiger partial charge in [0.1, 0.15) is 5.75 Å². The van der Waals surface area contributed by atoms with Crippen molar-refractivity contribution in [1.29, 1.82) is 0 Å². The van der Waals surface area contributed by atoms with Crippen molar-refractivity contribution in [3.8, 4) is 5.75 Å². The highest BCUT2D eigenvalue weighted by molar-refractivity contribution is 5.41. The number of likely N-dealkylation sites (tertiary alicyclic amines) is 1. The van der Waals surface area contributed by atoms with Crippen molar-refractivity contribution in [1.82, 2.24) is 10.2 Å². The number of hydrogen-bond donors (Lipinski definition) is 1. The summed E-state index contributed by atoms with van der Waals surface area (Å²) in [6.07, 6.45) is 3.76. The molecule has 2 aliphatic heterocycles. The summed E-state index contributed by atoms with van der Waals surface area (Å²) >= 11 is 0. The Morgan fingerprint density at radius 3 is 3.18 bits per heavy atom. The fourth-order valence-electron chi connectivity index (χ4n) is 2.78. The summed E-state index contributed by atoms with van der Waals surface area (Å²) in [5.41, 5.74) is 2.81. The standard InChI is InChI=1S/C14H20N2O/c1-16-9-3-6-14(16)17-13-5-2-4-11-10-15-8-7-12(11)13/h2,4-5,14-15H,3,6-10H2,1H3. The predicted molar refractivity (Wildman–Crippen MR) is 68.1 cm³/mol. The van der Waals surface area contributed by atoms with E-state index in [2.05, 4.69) is 35.5 Å². The Labute approximate surface area is 103 Å². The molecule has 0 bridgehead atoms. The summed E-state index contributed by atoms with van der Waals surface area (Å²) in [6.45, 7) is 3.20. The molecule has 1 fully saturated rings. The third-order valence-electron chi connectivity index (χ3n) is 3.81. The fourth-order valence-corrected chi connectivity index (χ4v) is 2.78. The van der Waals surface area contributed by atoms with Crippen LogP contribution < -0.4 is 10.1 Å². The summed E-state index contributed by atoms with van der Waals surface area (Å²) in [5.74, 6) is 1.10. The minimum Gasteiger partial charge on any atom is -0.475 e. The molecule has 0 radical (unpaired) electrons. The molecule has 2 heterocycles. The molecule has 3 nitrogen and oxygen atoms in total. The molecule has 3 heteroatoms. The van der Waals surface area contributed by atoms with E-state index in [0.29, 0.717) is 0 Å². The van der Waals surface area contributed by atoms with Crippen LogP contribution in [-0.2, 0) is 13.0 Å². The van der Waals surface area contributed by atoms with Gasteiger partial charge in [0.2, 0.25) is 0 Å². The van der Waals surface area contributed by atoms with Crippen LogP contribution in [0.1, 0.15) is 24.0 Å². The van der Waals surface area contributed by atoms with Gasteiger partial charge in [0.15, 0.2) is 6.23 Å². The molecule has 0 aliphatic carbocycles. The average Bonchev–Trinajstić information content (AvgIpc) is 2.76. The number of nitrogens with zero attached hydrogens (tertiary/aromatic N) is 1. The Kier molecular flexibility index (Phi) is 3.04. The molecule has 1 saturated heterocycles. The van der Waals surface area contributed by atoms with E-state index >= 15 is 0 Å². The van der Waals surface area contributed by atoms with E-state index in [9.17, 15) is 0 Å². The van der Waals surface area contributed by atoms with Crippen molar-refractivity contribution in [2.24, 2.45) is 0 Å². The second-order valence-electron chi connectivity index (χ2n) is 5.02. The number of hydrogen-bond acceptors (Lipinski definition) is 3. The summed E-state index contributed by atoms with van der Waals surface area (Å²) in [4.78, 5) is 2.31. The van der Waals surface area contributed by atoms with Crippen LogP contribution in [0.4, 0.5) is 0 Å². The Morgan fingerprint density at radius 2 is 2.35 bits per heavy atom. The van der Waals surface area contributed by atoms with Crippen molar-refractivity contribution < 1.29 is 4.74 Å². The number of benzene rings is 1. The zero-order valence-corrected chi connectivity index (χ0v) is 10.4. The van der Waals surface area contributed by atoms with Crippen molar-refractivity contribution in [3.05, 3.63) is 29.3 Å². The minimum absolute atomic E-state index is 0.274. The van der Waals surface area contributed by atoms with E-state index in [-0.39, 0.29) is 6.23 Å². The number of ether oxygens (including phenoxy) is 1. The van der Waals surface area contributed by atoms with Gasteiger partial charge in [0.25, 0.3) is 0 Å². The van der Waals surface area contributed by atoms with Gasteiger partial charge in [0.05, 0.1) is 0 Å². The first kappa shape index (κ1) is 11.1. The van der Waals surface area contributed by atoms with E-state index in [4.69, 9.17) is 4.74 Å². The zero-order valence-electron chi connectivity index (χ0n) is 10.4. The number of nitrogens with one attached hydrogen (secondary N) is 1. The molecule has 1 aromatic carbocycles. The molecule has 2 aliphatic rings. The summed E-state index contributed by atoms with van der Waals surface area (Å²) in [6, 6.07) is 6.43. The van der Waals surface area contributed by atoms with Gasteiger partial charge in [-0.1, -0.05) is 12.1 Å². The first-order chi connectivity index (χ1) is 8.34. The molecule has 0 spiro atoms. The summed E-state index contributed by atoms with van der Waals surface area (Å²) < 4.78 is 6.18. The predicted octanol–water partition coefficient (Wildman–Crippen LogP) is 1.76. The third kappa shape index (κ3) is 2.17. The van der Waals surface area contributed by atoms with Crippen LogP contribution in [0.3, 0.4) is 0 Å². The molecule has 1 unspecified atom stereocenters. The third-order valence-corrected chi connectivity index (χ3v) is 3.81. The zero-order chi connectivity index (χ0) is 11.7. The molecule has 1 atom stereocenters. The van der Waals surface area contributed by atoms with E-state index in [0.717, 1.165) is 38.2 Å². The van der Waals surface area contributed by atoms with Crippen molar-refractivity contribution in [3.63, 3.8) is 0 Å². The minimum atomic E-state index is 0.274. The monoisotopic (exact) mass is 232 g/mol. The van der Waals surface area contributed by atoms with Gasteiger partial charge in [-0.25, -0.2) is 0 Å². The fraction of sp³-hybridized carbons (Fsp3) is 0.571. The van der Waals surface area contributed by atoms with Crippen molar-refractivity contribution in [2.75, 3.05) is 20.1 Å². The second kappa shape index (κ2) is 4.67. The maximum atomic E-state index is 6.18. The Balaban J connectivity index is 1.82. The molecule has 1 N–H and O–H groups in total. The van der Waals surface area contributed by atoms with Gasteiger partial charge < -0.3 is 10.1 Å². The van der Waals surface area contributed by atoms with Gasteiger partial charge >= 0.3 is 0 Å². The van der Waals surface area contributed by atoms with Crippen LogP contribution in [0.25, 0.3) is 0 Å².